The lowest BCUT2D eigenvalue weighted by molar-refractivity contribution is 0.653. The molecular formula is C37H24N2O2. The van der Waals surface area contributed by atoms with Crippen molar-refractivity contribution in [3.8, 4) is 33.8 Å². The van der Waals surface area contributed by atoms with Gasteiger partial charge in [0, 0.05) is 32.7 Å². The number of fused-ring (bicyclic) bond motifs is 10. The zero-order valence-electron chi connectivity index (χ0n) is 22.6. The SMILES string of the molecule is CC1(C)c2cc(-c3nc(-c4ccccc4)c4c(n3)oc3ccccc34)ccc2-c2c1ccc1oc3ccccc3c21. The van der Waals surface area contributed by atoms with Gasteiger partial charge in [-0.15, -0.1) is 0 Å². The van der Waals surface area contributed by atoms with E-state index in [2.05, 4.69) is 74.5 Å². The van der Waals surface area contributed by atoms with E-state index >= 15 is 0 Å². The van der Waals surface area contributed by atoms with Crippen molar-refractivity contribution in [3.05, 3.63) is 120 Å². The second-order valence-corrected chi connectivity index (χ2v) is 11.4. The summed E-state index contributed by atoms with van der Waals surface area (Å²) in [6, 6.07) is 37.7. The molecule has 9 rings (SSSR count). The van der Waals surface area contributed by atoms with Gasteiger partial charge in [-0.25, -0.2) is 4.98 Å². The van der Waals surface area contributed by atoms with Gasteiger partial charge in [-0.1, -0.05) is 98.8 Å². The number of aromatic nitrogens is 2. The molecule has 5 aromatic carbocycles. The summed E-state index contributed by atoms with van der Waals surface area (Å²) in [5.74, 6) is 0.656. The standard InChI is InChI=1S/C37H24N2O2/c1-37(2)26-18-19-30-32(24-12-6-8-14-28(24)40-30)31(26)23-17-16-22(20-27(23)37)35-38-34(21-10-4-3-5-11-21)33-25-13-7-9-15-29(25)41-36(33)39-35/h3-20H,1-2H3. The summed E-state index contributed by atoms with van der Waals surface area (Å²) in [5, 5.41) is 4.30. The molecule has 0 unspecified atom stereocenters. The van der Waals surface area contributed by atoms with Gasteiger partial charge in [-0.05, 0) is 46.5 Å². The van der Waals surface area contributed by atoms with E-state index in [4.69, 9.17) is 18.8 Å². The lowest BCUT2D eigenvalue weighted by atomic mass is 9.81. The Morgan fingerprint density at radius 3 is 2.07 bits per heavy atom. The molecule has 0 fully saturated rings. The van der Waals surface area contributed by atoms with Crippen molar-refractivity contribution in [1.82, 2.24) is 9.97 Å². The van der Waals surface area contributed by atoms with Gasteiger partial charge >= 0.3 is 0 Å². The van der Waals surface area contributed by atoms with Gasteiger partial charge < -0.3 is 8.83 Å². The van der Waals surface area contributed by atoms with Gasteiger partial charge in [0.25, 0.3) is 0 Å². The highest BCUT2D eigenvalue weighted by atomic mass is 16.3. The van der Waals surface area contributed by atoms with E-state index in [-0.39, 0.29) is 5.41 Å². The predicted octanol–water partition coefficient (Wildman–Crippen LogP) is 9.92. The topological polar surface area (TPSA) is 52.1 Å². The predicted molar refractivity (Wildman–Crippen MR) is 165 cm³/mol. The minimum Gasteiger partial charge on any atom is -0.456 e. The fraction of sp³-hybridized carbons (Fsp3) is 0.0811. The van der Waals surface area contributed by atoms with E-state index < -0.39 is 0 Å². The number of nitrogens with zero attached hydrogens (tertiary/aromatic N) is 2. The van der Waals surface area contributed by atoms with Gasteiger partial charge in [-0.2, -0.15) is 4.98 Å². The van der Waals surface area contributed by atoms with Crippen LogP contribution in [-0.4, -0.2) is 9.97 Å². The van der Waals surface area contributed by atoms with Crippen LogP contribution < -0.4 is 0 Å². The Hall–Kier alpha value is -5.22. The third-order valence-electron chi connectivity index (χ3n) is 8.72. The molecule has 1 aliphatic carbocycles. The number of furan rings is 2. The molecule has 3 heterocycles. The highest BCUT2D eigenvalue weighted by molar-refractivity contribution is 6.15. The van der Waals surface area contributed by atoms with Crippen LogP contribution in [0.2, 0.25) is 0 Å². The smallest absolute Gasteiger partial charge is 0.231 e. The van der Waals surface area contributed by atoms with Gasteiger partial charge in [-0.3, -0.25) is 0 Å². The Morgan fingerprint density at radius 2 is 1.27 bits per heavy atom. The van der Waals surface area contributed by atoms with E-state index in [1.807, 2.05) is 48.5 Å². The van der Waals surface area contributed by atoms with Crippen molar-refractivity contribution in [2.24, 2.45) is 0 Å². The van der Waals surface area contributed by atoms with Crippen LogP contribution in [0.1, 0.15) is 25.0 Å². The molecule has 0 radical (unpaired) electrons. The lowest BCUT2D eigenvalue weighted by Gasteiger charge is -2.21. The maximum absolute atomic E-state index is 6.28. The van der Waals surface area contributed by atoms with Crippen LogP contribution in [0.3, 0.4) is 0 Å². The summed E-state index contributed by atoms with van der Waals surface area (Å²) >= 11 is 0. The third kappa shape index (κ3) is 3.05. The zero-order chi connectivity index (χ0) is 27.3. The highest BCUT2D eigenvalue weighted by Gasteiger charge is 2.38. The Kier molecular flexibility index (Phi) is 4.36. The molecular weight excluding hydrogens is 504 g/mol. The number of hydrogen-bond donors (Lipinski definition) is 0. The molecule has 0 spiro atoms. The minimum absolute atomic E-state index is 0.195. The quantitative estimate of drug-likeness (QED) is 0.224. The summed E-state index contributed by atoms with van der Waals surface area (Å²) in [6.45, 7) is 4.60. The molecule has 0 saturated heterocycles. The highest BCUT2D eigenvalue weighted by Crippen LogP contribution is 2.53. The third-order valence-corrected chi connectivity index (χ3v) is 8.72. The zero-order valence-corrected chi connectivity index (χ0v) is 22.6. The first-order chi connectivity index (χ1) is 20.1. The molecule has 0 N–H and O–H groups in total. The molecule has 3 aromatic heterocycles. The number of hydrogen-bond acceptors (Lipinski definition) is 4. The van der Waals surface area contributed by atoms with Crippen LogP contribution in [0.4, 0.5) is 0 Å². The molecule has 8 aromatic rings. The van der Waals surface area contributed by atoms with Crippen LogP contribution in [-0.2, 0) is 5.41 Å². The van der Waals surface area contributed by atoms with Crippen LogP contribution in [0.5, 0.6) is 0 Å². The van der Waals surface area contributed by atoms with Crippen molar-refractivity contribution in [2.75, 3.05) is 0 Å². The molecule has 0 aliphatic heterocycles. The molecule has 0 atom stereocenters. The Labute approximate surface area is 235 Å². The van der Waals surface area contributed by atoms with Gasteiger partial charge in [0.1, 0.15) is 16.7 Å². The first-order valence-corrected chi connectivity index (χ1v) is 13.9. The Balaban J connectivity index is 1.30. The van der Waals surface area contributed by atoms with Crippen molar-refractivity contribution >= 4 is 44.0 Å². The van der Waals surface area contributed by atoms with E-state index in [1.54, 1.807) is 0 Å². The van der Waals surface area contributed by atoms with Crippen molar-refractivity contribution in [3.63, 3.8) is 0 Å². The largest absolute Gasteiger partial charge is 0.456 e. The average Bonchev–Trinajstić information content (AvgIpc) is 3.65. The van der Waals surface area contributed by atoms with E-state index in [1.165, 1.54) is 27.6 Å². The number of rotatable bonds is 2. The summed E-state index contributed by atoms with van der Waals surface area (Å²) in [6.07, 6.45) is 0. The maximum atomic E-state index is 6.28. The van der Waals surface area contributed by atoms with Crippen LogP contribution in [0.25, 0.3) is 77.8 Å². The summed E-state index contributed by atoms with van der Waals surface area (Å²) in [5.41, 5.74) is 11.0. The monoisotopic (exact) mass is 528 g/mol. The fourth-order valence-electron chi connectivity index (χ4n) is 6.74. The second kappa shape index (κ2) is 7.92. The first-order valence-electron chi connectivity index (χ1n) is 13.9. The molecule has 1 aliphatic rings. The van der Waals surface area contributed by atoms with Crippen molar-refractivity contribution < 1.29 is 8.83 Å². The van der Waals surface area contributed by atoms with Crippen LogP contribution in [0, 0.1) is 0 Å². The van der Waals surface area contributed by atoms with Crippen LogP contribution >= 0.6 is 0 Å². The fourth-order valence-corrected chi connectivity index (χ4v) is 6.74. The summed E-state index contributed by atoms with van der Waals surface area (Å²) < 4.78 is 12.5. The van der Waals surface area contributed by atoms with Gasteiger partial charge in [0.15, 0.2) is 5.82 Å². The van der Waals surface area contributed by atoms with Crippen molar-refractivity contribution in [2.45, 2.75) is 19.3 Å². The first kappa shape index (κ1) is 22.6. The molecule has 194 valence electrons. The van der Waals surface area contributed by atoms with Gasteiger partial charge in [0.05, 0.1) is 11.1 Å². The normalized spacial score (nSPS) is 13.8. The van der Waals surface area contributed by atoms with E-state index in [0.29, 0.717) is 11.5 Å². The number of benzene rings is 5. The summed E-state index contributed by atoms with van der Waals surface area (Å²) in [4.78, 5) is 10.2. The molecule has 0 bridgehead atoms. The summed E-state index contributed by atoms with van der Waals surface area (Å²) in [7, 11) is 0. The van der Waals surface area contributed by atoms with E-state index in [0.717, 1.165) is 49.7 Å². The second-order valence-electron chi connectivity index (χ2n) is 11.4. The molecule has 4 nitrogen and oxygen atoms in total. The Bertz CT molecular complexity index is 2340. The molecule has 0 saturated carbocycles. The van der Waals surface area contributed by atoms with Crippen molar-refractivity contribution in [1.29, 1.82) is 0 Å². The average molecular weight is 529 g/mol. The van der Waals surface area contributed by atoms with Crippen LogP contribution in [0.15, 0.2) is 118 Å². The molecule has 0 amide bonds. The lowest BCUT2D eigenvalue weighted by Crippen LogP contribution is -2.15. The molecule has 41 heavy (non-hydrogen) atoms. The molecule has 4 heteroatoms. The Morgan fingerprint density at radius 1 is 0.561 bits per heavy atom. The van der Waals surface area contributed by atoms with E-state index in [9.17, 15) is 0 Å². The maximum Gasteiger partial charge on any atom is 0.231 e. The number of para-hydroxylation sites is 2. The van der Waals surface area contributed by atoms with Gasteiger partial charge in [0.2, 0.25) is 5.71 Å². The minimum atomic E-state index is -0.195.